The van der Waals surface area contributed by atoms with E-state index in [9.17, 15) is 4.79 Å². The Balaban J connectivity index is 4.24. The van der Waals surface area contributed by atoms with Crippen molar-refractivity contribution in [1.82, 2.24) is 4.90 Å². The Labute approximate surface area is 82.3 Å². The molecular weight excluding hydrogens is 162 g/mol. The van der Waals surface area contributed by atoms with Crippen molar-refractivity contribution in [3.8, 4) is 0 Å². The highest BCUT2D eigenvalue weighted by Gasteiger charge is 2.25. The molecule has 0 aromatic carbocycles. The largest absolute Gasteiger partial charge is 0.300 e. The fourth-order valence-electron chi connectivity index (χ4n) is 1.40. The highest BCUT2D eigenvalue weighted by Crippen LogP contribution is 2.20. The first-order chi connectivity index (χ1) is 5.81. The predicted octanol–water partition coefficient (Wildman–Crippen LogP) is 2.47. The van der Waals surface area contributed by atoms with Gasteiger partial charge in [0.1, 0.15) is 5.78 Å². The maximum atomic E-state index is 10.9. The number of Topliss-reactive ketones (excluding diaryl/α,β-unsaturated/α-hetero) is 1. The third-order valence-electron chi connectivity index (χ3n) is 3.06. The quantitative estimate of drug-likeness (QED) is 0.656. The van der Waals surface area contributed by atoms with E-state index in [4.69, 9.17) is 0 Å². The van der Waals surface area contributed by atoms with Crippen LogP contribution in [0.15, 0.2) is 0 Å². The number of hydrogen-bond donors (Lipinski definition) is 0. The summed E-state index contributed by atoms with van der Waals surface area (Å²) in [7, 11) is 2.09. The van der Waals surface area contributed by atoms with Crippen molar-refractivity contribution in [2.75, 3.05) is 7.05 Å². The molecule has 0 radical (unpaired) electrons. The first-order valence-electron chi connectivity index (χ1n) is 5.03. The molecule has 0 aromatic heterocycles. The van der Waals surface area contributed by atoms with E-state index in [1.807, 2.05) is 0 Å². The first-order valence-corrected chi connectivity index (χ1v) is 5.03. The number of hydrogen-bond acceptors (Lipinski definition) is 2. The molecule has 0 saturated heterocycles. The molecule has 0 bridgehead atoms. The average molecular weight is 185 g/mol. The molecule has 0 saturated carbocycles. The van der Waals surface area contributed by atoms with Gasteiger partial charge in [-0.25, -0.2) is 0 Å². The summed E-state index contributed by atoms with van der Waals surface area (Å²) in [5, 5.41) is 0. The predicted molar refractivity (Wildman–Crippen MR) is 56.9 cm³/mol. The van der Waals surface area contributed by atoms with Crippen LogP contribution in [-0.4, -0.2) is 29.3 Å². The molecule has 0 aromatic rings. The van der Waals surface area contributed by atoms with Gasteiger partial charge >= 0.3 is 0 Å². The summed E-state index contributed by atoms with van der Waals surface area (Å²) in [5.74, 6) is 0.270. The molecule has 0 amide bonds. The monoisotopic (exact) mass is 185 g/mol. The van der Waals surface area contributed by atoms with Crippen LogP contribution in [0.2, 0.25) is 0 Å². The minimum Gasteiger partial charge on any atom is -0.300 e. The number of nitrogens with zero attached hydrogens (tertiary/aromatic N) is 1. The molecule has 2 heteroatoms. The molecule has 0 heterocycles. The van der Waals surface area contributed by atoms with Crippen molar-refractivity contribution in [1.29, 1.82) is 0 Å². The lowest BCUT2D eigenvalue weighted by Gasteiger charge is -2.39. The van der Waals surface area contributed by atoms with E-state index in [0.29, 0.717) is 12.5 Å². The van der Waals surface area contributed by atoms with Gasteiger partial charge in [-0.1, -0.05) is 6.92 Å². The van der Waals surface area contributed by atoms with Crippen LogP contribution in [0.3, 0.4) is 0 Å². The summed E-state index contributed by atoms with van der Waals surface area (Å²) in [5.41, 5.74) is 0.189. The van der Waals surface area contributed by atoms with E-state index in [2.05, 4.69) is 39.6 Å². The SMILES string of the molecule is CCC(C)(C)N(C)C(C)CC(C)=O. The van der Waals surface area contributed by atoms with E-state index in [-0.39, 0.29) is 11.3 Å². The fourth-order valence-corrected chi connectivity index (χ4v) is 1.40. The molecule has 0 fully saturated rings. The molecule has 0 rings (SSSR count). The Morgan fingerprint density at radius 2 is 1.92 bits per heavy atom. The summed E-state index contributed by atoms with van der Waals surface area (Å²) in [6.45, 7) is 10.4. The van der Waals surface area contributed by atoms with Crippen LogP contribution in [0.1, 0.15) is 47.5 Å². The molecule has 0 spiro atoms. The van der Waals surface area contributed by atoms with Gasteiger partial charge in [0, 0.05) is 18.0 Å². The first kappa shape index (κ1) is 12.6. The lowest BCUT2D eigenvalue weighted by molar-refractivity contribution is -0.118. The van der Waals surface area contributed by atoms with Gasteiger partial charge < -0.3 is 0 Å². The van der Waals surface area contributed by atoms with E-state index in [1.54, 1.807) is 6.92 Å². The Kier molecular flexibility index (Phi) is 4.62. The van der Waals surface area contributed by atoms with Crippen LogP contribution in [-0.2, 0) is 4.79 Å². The van der Waals surface area contributed by atoms with Crippen molar-refractivity contribution >= 4 is 5.78 Å². The third-order valence-corrected chi connectivity index (χ3v) is 3.06. The Morgan fingerprint density at radius 1 is 1.46 bits per heavy atom. The number of ketones is 1. The smallest absolute Gasteiger partial charge is 0.131 e. The Morgan fingerprint density at radius 3 is 2.23 bits per heavy atom. The molecule has 0 N–H and O–H groups in total. The van der Waals surface area contributed by atoms with Gasteiger partial charge in [-0.05, 0) is 41.2 Å². The second-order valence-electron chi connectivity index (χ2n) is 4.53. The van der Waals surface area contributed by atoms with Crippen molar-refractivity contribution < 1.29 is 4.79 Å². The Hall–Kier alpha value is -0.370. The molecule has 0 aliphatic heterocycles. The zero-order valence-electron chi connectivity index (χ0n) is 9.85. The molecule has 0 aliphatic rings. The van der Waals surface area contributed by atoms with Gasteiger partial charge in [0.15, 0.2) is 0 Å². The van der Waals surface area contributed by atoms with Crippen LogP contribution in [0, 0.1) is 0 Å². The number of carbonyl (C=O) groups excluding carboxylic acids is 1. The Bertz CT molecular complexity index is 175. The maximum Gasteiger partial charge on any atom is 0.131 e. The molecular formula is C11H23NO. The van der Waals surface area contributed by atoms with E-state index >= 15 is 0 Å². The molecule has 78 valence electrons. The molecule has 1 unspecified atom stereocenters. The highest BCUT2D eigenvalue weighted by molar-refractivity contribution is 5.76. The third kappa shape index (κ3) is 3.90. The van der Waals surface area contributed by atoms with Crippen LogP contribution in [0.5, 0.6) is 0 Å². The van der Waals surface area contributed by atoms with Crippen LogP contribution < -0.4 is 0 Å². The lowest BCUT2D eigenvalue weighted by Crippen LogP contribution is -2.46. The normalized spacial score (nSPS) is 14.7. The van der Waals surface area contributed by atoms with Crippen molar-refractivity contribution in [2.24, 2.45) is 0 Å². The summed E-state index contributed by atoms with van der Waals surface area (Å²) in [4.78, 5) is 13.2. The lowest BCUT2D eigenvalue weighted by atomic mass is 9.97. The van der Waals surface area contributed by atoms with E-state index in [1.165, 1.54) is 0 Å². The highest BCUT2D eigenvalue weighted by atomic mass is 16.1. The number of rotatable bonds is 5. The van der Waals surface area contributed by atoms with Gasteiger partial charge in [-0.3, -0.25) is 9.69 Å². The summed E-state index contributed by atoms with van der Waals surface area (Å²) in [6, 6.07) is 0.340. The average Bonchev–Trinajstić information content (AvgIpc) is 2.01. The van der Waals surface area contributed by atoms with E-state index in [0.717, 1.165) is 6.42 Å². The van der Waals surface area contributed by atoms with E-state index < -0.39 is 0 Å². The molecule has 0 aliphatic carbocycles. The standard InChI is InChI=1S/C11H23NO/c1-7-11(4,5)12(6)9(2)8-10(3)13/h9H,7-8H2,1-6H3. The maximum absolute atomic E-state index is 10.9. The van der Waals surface area contributed by atoms with Gasteiger partial charge in [0.2, 0.25) is 0 Å². The minimum atomic E-state index is 0.189. The van der Waals surface area contributed by atoms with Gasteiger partial charge in [0.05, 0.1) is 0 Å². The molecule has 2 nitrogen and oxygen atoms in total. The van der Waals surface area contributed by atoms with Crippen molar-refractivity contribution in [3.63, 3.8) is 0 Å². The van der Waals surface area contributed by atoms with Crippen LogP contribution >= 0.6 is 0 Å². The zero-order chi connectivity index (χ0) is 10.6. The number of carbonyl (C=O) groups is 1. The topological polar surface area (TPSA) is 20.3 Å². The summed E-state index contributed by atoms with van der Waals surface area (Å²) in [6.07, 6.45) is 1.76. The summed E-state index contributed by atoms with van der Waals surface area (Å²) < 4.78 is 0. The second-order valence-corrected chi connectivity index (χ2v) is 4.53. The fraction of sp³-hybridized carbons (Fsp3) is 0.909. The van der Waals surface area contributed by atoms with Gasteiger partial charge in [-0.2, -0.15) is 0 Å². The van der Waals surface area contributed by atoms with Gasteiger partial charge in [0.25, 0.3) is 0 Å². The van der Waals surface area contributed by atoms with Crippen molar-refractivity contribution in [2.45, 2.75) is 59.0 Å². The second kappa shape index (κ2) is 4.75. The van der Waals surface area contributed by atoms with Crippen LogP contribution in [0.25, 0.3) is 0 Å². The van der Waals surface area contributed by atoms with Crippen molar-refractivity contribution in [3.05, 3.63) is 0 Å². The molecule has 13 heavy (non-hydrogen) atoms. The summed E-state index contributed by atoms with van der Waals surface area (Å²) >= 11 is 0. The zero-order valence-corrected chi connectivity index (χ0v) is 9.85. The molecule has 1 atom stereocenters. The van der Waals surface area contributed by atoms with Gasteiger partial charge in [-0.15, -0.1) is 0 Å². The minimum absolute atomic E-state index is 0.189. The van der Waals surface area contributed by atoms with Crippen LogP contribution in [0.4, 0.5) is 0 Å².